The SMILES string of the molecule is Brc1nc(Sc2ccccc2)n([C@H]2O[C@H](COCc3ccccc3)[C@@H](OCc3ccccc3)[C@H](OCc3ccccc3)[C@@H]2Br)n1. The van der Waals surface area contributed by atoms with Gasteiger partial charge in [0.1, 0.15) is 18.3 Å². The third-order valence-corrected chi connectivity index (χ3v) is 9.60. The Balaban J connectivity index is 1.30. The summed E-state index contributed by atoms with van der Waals surface area (Å²) in [6, 6.07) is 40.5. The summed E-state index contributed by atoms with van der Waals surface area (Å²) < 4.78 is 28.8. The molecule has 45 heavy (non-hydrogen) atoms. The summed E-state index contributed by atoms with van der Waals surface area (Å²) in [4.78, 5) is 5.41. The van der Waals surface area contributed by atoms with E-state index >= 15 is 0 Å². The van der Waals surface area contributed by atoms with Crippen LogP contribution in [0.25, 0.3) is 0 Å². The maximum absolute atomic E-state index is 6.85. The van der Waals surface area contributed by atoms with Crippen LogP contribution in [0.5, 0.6) is 0 Å². The van der Waals surface area contributed by atoms with Crippen LogP contribution in [0.15, 0.2) is 136 Å². The summed E-state index contributed by atoms with van der Waals surface area (Å²) in [5, 5.41) is 5.42. The number of aromatic nitrogens is 3. The fourth-order valence-corrected chi connectivity index (χ4v) is 7.25. The molecule has 5 aromatic rings. The van der Waals surface area contributed by atoms with Gasteiger partial charge in [-0.25, -0.2) is 4.68 Å². The fourth-order valence-electron chi connectivity index (χ4n) is 5.12. The predicted molar refractivity (Wildman–Crippen MR) is 181 cm³/mol. The van der Waals surface area contributed by atoms with E-state index in [-0.39, 0.29) is 4.83 Å². The third-order valence-electron chi connectivity index (χ3n) is 7.32. The van der Waals surface area contributed by atoms with E-state index in [9.17, 15) is 0 Å². The zero-order chi connectivity index (χ0) is 30.8. The summed E-state index contributed by atoms with van der Waals surface area (Å²) in [6.07, 6.45) is -1.87. The average molecular weight is 752 g/mol. The van der Waals surface area contributed by atoms with E-state index in [1.807, 2.05) is 102 Å². The standard InChI is InChI=1S/C35H33Br2N3O4S/c36-30-32(43-23-27-17-9-3-10-18-27)31(42-22-26-15-7-2-8-16-26)29(24-41-21-25-13-5-1-6-14-25)44-33(30)40-35(38-34(37)39-40)45-28-19-11-4-12-20-28/h1-20,29-33H,21-24H2/t29-,30+,31-,32-,33+/m1/s1. The van der Waals surface area contributed by atoms with Gasteiger partial charge < -0.3 is 18.9 Å². The van der Waals surface area contributed by atoms with E-state index in [2.05, 4.69) is 61.1 Å². The van der Waals surface area contributed by atoms with Crippen molar-refractivity contribution in [2.75, 3.05) is 6.61 Å². The highest BCUT2D eigenvalue weighted by Crippen LogP contribution is 2.40. The molecule has 5 atom stereocenters. The largest absolute Gasteiger partial charge is 0.374 e. The molecule has 4 aromatic carbocycles. The molecule has 0 saturated carbocycles. The lowest BCUT2D eigenvalue weighted by Gasteiger charge is -2.44. The van der Waals surface area contributed by atoms with Crippen molar-refractivity contribution in [3.05, 3.63) is 143 Å². The molecule has 10 heteroatoms. The number of ether oxygens (including phenoxy) is 4. The third kappa shape index (κ3) is 8.71. The van der Waals surface area contributed by atoms with Gasteiger partial charge in [-0.2, -0.15) is 4.98 Å². The van der Waals surface area contributed by atoms with E-state index < -0.39 is 24.5 Å². The van der Waals surface area contributed by atoms with E-state index in [4.69, 9.17) is 24.0 Å². The highest BCUT2D eigenvalue weighted by atomic mass is 79.9. The number of hydrogen-bond donors (Lipinski definition) is 0. The number of hydrogen-bond acceptors (Lipinski definition) is 7. The van der Waals surface area contributed by atoms with E-state index in [0.717, 1.165) is 21.6 Å². The molecular formula is C35H33Br2N3O4S. The van der Waals surface area contributed by atoms with Crippen LogP contribution in [0.2, 0.25) is 0 Å². The molecule has 1 aliphatic rings. The molecule has 1 saturated heterocycles. The molecule has 0 N–H and O–H groups in total. The zero-order valence-corrected chi connectivity index (χ0v) is 28.4. The van der Waals surface area contributed by atoms with Crippen LogP contribution in [-0.2, 0) is 38.8 Å². The van der Waals surface area contributed by atoms with Crippen LogP contribution in [-0.4, -0.2) is 44.5 Å². The van der Waals surface area contributed by atoms with Crippen LogP contribution >= 0.6 is 43.6 Å². The second-order valence-corrected chi connectivity index (χ2v) is 13.4. The zero-order valence-electron chi connectivity index (χ0n) is 24.4. The first-order chi connectivity index (χ1) is 22.1. The van der Waals surface area contributed by atoms with Crippen molar-refractivity contribution in [3.63, 3.8) is 0 Å². The van der Waals surface area contributed by atoms with Crippen molar-refractivity contribution in [1.29, 1.82) is 0 Å². The van der Waals surface area contributed by atoms with Crippen molar-refractivity contribution < 1.29 is 18.9 Å². The van der Waals surface area contributed by atoms with Crippen molar-refractivity contribution in [2.45, 2.75) is 59.2 Å². The molecule has 1 aliphatic heterocycles. The van der Waals surface area contributed by atoms with E-state index in [1.165, 1.54) is 11.8 Å². The van der Waals surface area contributed by atoms with Gasteiger partial charge in [-0.1, -0.05) is 137 Å². The van der Waals surface area contributed by atoms with Crippen LogP contribution in [0.4, 0.5) is 0 Å². The van der Waals surface area contributed by atoms with Gasteiger partial charge in [0, 0.05) is 4.90 Å². The first-order valence-electron chi connectivity index (χ1n) is 14.7. The molecule has 2 heterocycles. The van der Waals surface area contributed by atoms with E-state index in [0.29, 0.717) is 36.3 Å². The minimum Gasteiger partial charge on any atom is -0.374 e. The Bertz CT molecular complexity index is 1600. The Kier molecular flexibility index (Phi) is 11.5. The molecule has 0 unspecified atom stereocenters. The fraction of sp³-hybridized carbons (Fsp3) is 0.257. The Morgan fingerprint density at radius 3 is 1.78 bits per heavy atom. The Labute approximate surface area is 284 Å². The van der Waals surface area contributed by atoms with E-state index in [1.54, 1.807) is 0 Å². The van der Waals surface area contributed by atoms with Gasteiger partial charge in [0.2, 0.25) is 4.73 Å². The van der Waals surface area contributed by atoms with Gasteiger partial charge in [-0.15, -0.1) is 5.10 Å². The number of alkyl halides is 1. The van der Waals surface area contributed by atoms with Gasteiger partial charge in [0.25, 0.3) is 0 Å². The average Bonchev–Trinajstić information content (AvgIpc) is 3.44. The van der Waals surface area contributed by atoms with Crippen LogP contribution in [0, 0.1) is 0 Å². The molecule has 0 radical (unpaired) electrons. The summed E-state index contributed by atoms with van der Waals surface area (Å²) in [6.45, 7) is 1.57. The molecule has 0 spiro atoms. The van der Waals surface area contributed by atoms with Crippen molar-refractivity contribution in [2.24, 2.45) is 0 Å². The molecule has 0 amide bonds. The van der Waals surface area contributed by atoms with Crippen molar-refractivity contribution in [1.82, 2.24) is 14.8 Å². The monoisotopic (exact) mass is 749 g/mol. The first kappa shape index (κ1) is 32.1. The van der Waals surface area contributed by atoms with Gasteiger partial charge in [-0.3, -0.25) is 0 Å². The minimum absolute atomic E-state index is 0.298. The molecule has 1 fully saturated rings. The lowest BCUT2D eigenvalue weighted by molar-refractivity contribution is -0.235. The van der Waals surface area contributed by atoms with Crippen molar-refractivity contribution in [3.8, 4) is 0 Å². The summed E-state index contributed by atoms with van der Waals surface area (Å²) in [5.41, 5.74) is 3.23. The Hall–Kier alpha value is -2.83. The van der Waals surface area contributed by atoms with Crippen LogP contribution < -0.4 is 0 Å². The van der Waals surface area contributed by atoms with Gasteiger partial charge in [0.15, 0.2) is 11.4 Å². The highest BCUT2D eigenvalue weighted by Gasteiger charge is 2.48. The number of benzene rings is 4. The molecule has 6 rings (SSSR count). The quantitative estimate of drug-likeness (QED) is 0.112. The maximum Gasteiger partial charge on any atom is 0.218 e. The lowest BCUT2D eigenvalue weighted by Crippen LogP contribution is -2.57. The Morgan fingerprint density at radius 1 is 0.689 bits per heavy atom. The second kappa shape index (κ2) is 16.1. The minimum atomic E-state index is -0.558. The van der Waals surface area contributed by atoms with Crippen LogP contribution in [0.3, 0.4) is 0 Å². The second-order valence-electron chi connectivity index (χ2n) is 10.6. The Morgan fingerprint density at radius 2 is 1.20 bits per heavy atom. The lowest BCUT2D eigenvalue weighted by atomic mass is 9.99. The summed E-state index contributed by atoms with van der Waals surface area (Å²) in [5.74, 6) is 0. The smallest absolute Gasteiger partial charge is 0.218 e. The highest BCUT2D eigenvalue weighted by molar-refractivity contribution is 9.10. The van der Waals surface area contributed by atoms with Gasteiger partial charge in [-0.05, 0) is 44.8 Å². The summed E-state index contributed by atoms with van der Waals surface area (Å²) in [7, 11) is 0. The molecule has 0 aliphatic carbocycles. The van der Waals surface area contributed by atoms with Gasteiger partial charge >= 0.3 is 0 Å². The normalized spacial score (nSPS) is 21.5. The molecule has 232 valence electrons. The predicted octanol–water partition coefficient (Wildman–Crippen LogP) is 8.24. The maximum atomic E-state index is 6.85. The molecule has 7 nitrogen and oxygen atoms in total. The molecule has 1 aromatic heterocycles. The number of nitrogens with zero attached hydrogens (tertiary/aromatic N) is 3. The van der Waals surface area contributed by atoms with Crippen LogP contribution in [0.1, 0.15) is 22.9 Å². The first-order valence-corrected chi connectivity index (χ1v) is 17.2. The van der Waals surface area contributed by atoms with Crippen molar-refractivity contribution >= 4 is 43.6 Å². The van der Waals surface area contributed by atoms with Gasteiger partial charge in [0.05, 0.1) is 31.3 Å². The summed E-state index contributed by atoms with van der Waals surface area (Å²) >= 11 is 8.99. The topological polar surface area (TPSA) is 67.6 Å². The molecule has 0 bridgehead atoms. The molecular weight excluding hydrogens is 718 g/mol. The number of halogens is 2. The number of rotatable bonds is 13.